The van der Waals surface area contributed by atoms with Gasteiger partial charge < -0.3 is 9.47 Å². The standard InChI is InChI=1S/C25H22BrClN4O4S/c1-16-28-29-25(31(16)20-6-4-3-5-7-20)36-23(14-30(32)33)18-12-21(26)24(22(13-18)34-2)35-15-17-8-10-19(27)11-9-17/h3-13,23H,14-15H2,1-2H3/t23-/m0/s1. The van der Waals surface area contributed by atoms with Gasteiger partial charge in [0.25, 0.3) is 0 Å². The van der Waals surface area contributed by atoms with Crippen LogP contribution in [0.25, 0.3) is 5.69 Å². The largest absolute Gasteiger partial charge is 0.493 e. The number of aryl methyl sites for hydroxylation is 1. The summed E-state index contributed by atoms with van der Waals surface area (Å²) in [7, 11) is 1.53. The van der Waals surface area contributed by atoms with Crippen LogP contribution in [-0.4, -0.2) is 33.3 Å². The highest BCUT2D eigenvalue weighted by molar-refractivity contribution is 9.10. The van der Waals surface area contributed by atoms with E-state index in [0.717, 1.165) is 11.3 Å². The smallest absolute Gasteiger partial charge is 0.220 e. The fourth-order valence-corrected chi connectivity index (χ4v) is 5.42. The van der Waals surface area contributed by atoms with E-state index >= 15 is 0 Å². The number of para-hydroxylation sites is 1. The maximum absolute atomic E-state index is 11.6. The average molecular weight is 590 g/mol. The summed E-state index contributed by atoms with van der Waals surface area (Å²) < 4.78 is 14.1. The second-order valence-corrected chi connectivity index (χ2v) is 10.2. The molecule has 1 atom stereocenters. The summed E-state index contributed by atoms with van der Waals surface area (Å²) in [4.78, 5) is 11.3. The quantitative estimate of drug-likeness (QED) is 0.116. The third-order valence-corrected chi connectivity index (χ3v) is 7.31. The molecular weight excluding hydrogens is 568 g/mol. The monoisotopic (exact) mass is 588 g/mol. The maximum Gasteiger partial charge on any atom is 0.220 e. The zero-order chi connectivity index (χ0) is 25.7. The first-order chi connectivity index (χ1) is 17.4. The molecule has 186 valence electrons. The van der Waals surface area contributed by atoms with E-state index in [2.05, 4.69) is 26.1 Å². The molecule has 1 aromatic heterocycles. The van der Waals surface area contributed by atoms with Crippen LogP contribution in [0.15, 0.2) is 76.4 Å². The summed E-state index contributed by atoms with van der Waals surface area (Å²) in [6.07, 6.45) is 0. The predicted molar refractivity (Wildman–Crippen MR) is 143 cm³/mol. The van der Waals surface area contributed by atoms with E-state index in [1.54, 1.807) is 18.2 Å². The van der Waals surface area contributed by atoms with Crippen molar-refractivity contribution in [3.05, 3.63) is 103 Å². The van der Waals surface area contributed by atoms with Crippen LogP contribution in [0.5, 0.6) is 11.5 Å². The molecule has 0 radical (unpaired) electrons. The Morgan fingerprint density at radius 3 is 2.53 bits per heavy atom. The molecule has 0 amide bonds. The van der Waals surface area contributed by atoms with Crippen LogP contribution in [0, 0.1) is 17.0 Å². The van der Waals surface area contributed by atoms with Crippen LogP contribution in [0.2, 0.25) is 5.02 Å². The number of nitrogens with zero attached hydrogens (tertiary/aromatic N) is 4. The summed E-state index contributed by atoms with van der Waals surface area (Å²) in [5.74, 6) is 1.65. The number of aromatic nitrogens is 3. The molecule has 4 aromatic rings. The Morgan fingerprint density at radius 2 is 1.86 bits per heavy atom. The highest BCUT2D eigenvalue weighted by Crippen LogP contribution is 2.43. The Kier molecular flexibility index (Phi) is 8.50. The number of hydrogen-bond acceptors (Lipinski definition) is 7. The molecule has 4 rings (SSSR count). The first-order valence-corrected chi connectivity index (χ1v) is 12.9. The molecule has 1 heterocycles. The van der Waals surface area contributed by atoms with E-state index in [9.17, 15) is 10.1 Å². The molecule has 0 N–H and O–H groups in total. The van der Waals surface area contributed by atoms with Gasteiger partial charge in [-0.2, -0.15) is 0 Å². The number of hydrogen-bond donors (Lipinski definition) is 0. The number of methoxy groups -OCH3 is 1. The summed E-state index contributed by atoms with van der Waals surface area (Å²) in [6, 6.07) is 20.6. The molecular formula is C25H22BrClN4O4S. The number of halogens is 2. The number of benzene rings is 3. The van der Waals surface area contributed by atoms with Crippen molar-refractivity contribution in [2.45, 2.75) is 23.9 Å². The lowest BCUT2D eigenvalue weighted by Gasteiger charge is -2.18. The molecule has 0 bridgehead atoms. The number of thioether (sulfide) groups is 1. The van der Waals surface area contributed by atoms with Crippen LogP contribution in [0.3, 0.4) is 0 Å². The highest BCUT2D eigenvalue weighted by atomic mass is 79.9. The van der Waals surface area contributed by atoms with Gasteiger partial charge >= 0.3 is 0 Å². The van der Waals surface area contributed by atoms with E-state index in [1.807, 2.05) is 60.0 Å². The number of ether oxygens (including phenoxy) is 2. The van der Waals surface area contributed by atoms with Gasteiger partial charge in [-0.15, -0.1) is 10.2 Å². The van der Waals surface area contributed by atoms with Gasteiger partial charge in [0.2, 0.25) is 6.54 Å². The normalized spacial score (nSPS) is 11.8. The summed E-state index contributed by atoms with van der Waals surface area (Å²) >= 11 is 10.8. The van der Waals surface area contributed by atoms with Gasteiger partial charge in [-0.25, -0.2) is 0 Å². The van der Waals surface area contributed by atoms with Gasteiger partial charge in [0, 0.05) is 15.6 Å². The molecule has 0 unspecified atom stereocenters. The first kappa shape index (κ1) is 26.0. The van der Waals surface area contributed by atoms with Crippen molar-refractivity contribution >= 4 is 39.3 Å². The number of rotatable bonds is 10. The van der Waals surface area contributed by atoms with Crippen LogP contribution in [0.1, 0.15) is 22.2 Å². The lowest BCUT2D eigenvalue weighted by Crippen LogP contribution is -2.12. The molecule has 0 saturated heterocycles. The fraction of sp³-hybridized carbons (Fsp3) is 0.200. The molecule has 0 aliphatic heterocycles. The first-order valence-electron chi connectivity index (χ1n) is 10.9. The van der Waals surface area contributed by atoms with Gasteiger partial charge in [0.05, 0.1) is 11.6 Å². The summed E-state index contributed by atoms with van der Waals surface area (Å²) in [5.41, 5.74) is 2.52. The Morgan fingerprint density at radius 1 is 1.14 bits per heavy atom. The van der Waals surface area contributed by atoms with Crippen LogP contribution < -0.4 is 9.47 Å². The van der Waals surface area contributed by atoms with Crippen molar-refractivity contribution in [1.29, 1.82) is 0 Å². The molecule has 0 spiro atoms. The summed E-state index contributed by atoms with van der Waals surface area (Å²) in [5, 5.41) is 20.7. The van der Waals surface area contributed by atoms with Gasteiger partial charge in [0.15, 0.2) is 16.7 Å². The van der Waals surface area contributed by atoms with E-state index in [-0.39, 0.29) is 11.5 Å². The Hall–Kier alpha value is -3.08. The van der Waals surface area contributed by atoms with Gasteiger partial charge in [0.1, 0.15) is 17.7 Å². The Balaban J connectivity index is 1.64. The second-order valence-electron chi connectivity index (χ2n) is 7.77. The lowest BCUT2D eigenvalue weighted by molar-refractivity contribution is -0.479. The van der Waals surface area contributed by atoms with Crippen molar-refractivity contribution < 1.29 is 14.4 Å². The minimum atomic E-state index is -0.554. The molecule has 0 aliphatic rings. The van der Waals surface area contributed by atoms with E-state index < -0.39 is 5.25 Å². The number of nitro groups is 1. The average Bonchev–Trinajstić information content (AvgIpc) is 3.23. The maximum atomic E-state index is 11.6. The van der Waals surface area contributed by atoms with Gasteiger partial charge in [-0.05, 0) is 70.4 Å². The minimum Gasteiger partial charge on any atom is -0.493 e. The zero-order valence-corrected chi connectivity index (χ0v) is 22.6. The molecule has 11 heteroatoms. The van der Waals surface area contributed by atoms with Gasteiger partial charge in [-0.1, -0.05) is 53.7 Å². The summed E-state index contributed by atoms with van der Waals surface area (Å²) in [6.45, 7) is 1.84. The SMILES string of the molecule is COc1cc([C@H](C[N+](=O)[O-])Sc2nnc(C)n2-c2ccccc2)cc(Br)c1OCc1ccc(Cl)cc1. The van der Waals surface area contributed by atoms with Crippen molar-refractivity contribution in [3.8, 4) is 17.2 Å². The van der Waals surface area contributed by atoms with Crippen LogP contribution >= 0.6 is 39.3 Å². The van der Waals surface area contributed by atoms with Gasteiger partial charge in [-0.3, -0.25) is 14.7 Å². The molecule has 0 aliphatic carbocycles. The fourth-order valence-electron chi connectivity index (χ4n) is 3.57. The van der Waals surface area contributed by atoms with Crippen LogP contribution in [-0.2, 0) is 6.61 Å². The molecule has 0 saturated carbocycles. The Labute approximate surface area is 225 Å². The van der Waals surface area contributed by atoms with Crippen molar-refractivity contribution in [2.75, 3.05) is 13.7 Å². The molecule has 8 nitrogen and oxygen atoms in total. The van der Waals surface area contributed by atoms with Crippen LogP contribution in [0.4, 0.5) is 0 Å². The van der Waals surface area contributed by atoms with Crippen molar-refractivity contribution in [1.82, 2.24) is 14.8 Å². The third kappa shape index (κ3) is 6.18. The second kappa shape index (κ2) is 11.8. The molecule has 0 fully saturated rings. The predicted octanol–water partition coefficient (Wildman–Crippen LogP) is 6.69. The lowest BCUT2D eigenvalue weighted by atomic mass is 10.1. The van der Waals surface area contributed by atoms with E-state index in [0.29, 0.717) is 44.1 Å². The molecule has 3 aromatic carbocycles. The van der Waals surface area contributed by atoms with E-state index in [4.69, 9.17) is 21.1 Å². The third-order valence-electron chi connectivity index (χ3n) is 5.29. The van der Waals surface area contributed by atoms with Crippen molar-refractivity contribution in [2.24, 2.45) is 0 Å². The van der Waals surface area contributed by atoms with Crippen molar-refractivity contribution in [3.63, 3.8) is 0 Å². The molecule has 36 heavy (non-hydrogen) atoms. The Bertz CT molecular complexity index is 1350. The van der Waals surface area contributed by atoms with E-state index in [1.165, 1.54) is 18.9 Å². The highest BCUT2D eigenvalue weighted by Gasteiger charge is 2.26. The minimum absolute atomic E-state index is 0.304. The zero-order valence-electron chi connectivity index (χ0n) is 19.4. The topological polar surface area (TPSA) is 92.3 Å².